The summed E-state index contributed by atoms with van der Waals surface area (Å²) < 4.78 is 12.0. The molecule has 1 heterocycles. The molecule has 134 valence electrons. The van der Waals surface area contributed by atoms with E-state index in [-0.39, 0.29) is 5.91 Å². The molecular formula is C19H17IN2O3S. The lowest BCUT2D eigenvalue weighted by Gasteiger charge is -2.09. The van der Waals surface area contributed by atoms with E-state index in [2.05, 4.69) is 32.9 Å². The van der Waals surface area contributed by atoms with Crippen LogP contribution in [0.15, 0.2) is 52.4 Å². The fourth-order valence-electron chi connectivity index (χ4n) is 2.35. The molecule has 0 saturated carbocycles. The highest BCUT2D eigenvalue weighted by atomic mass is 127. The average molecular weight is 480 g/mol. The quantitative estimate of drug-likeness (QED) is 0.503. The monoisotopic (exact) mass is 480 g/mol. The smallest absolute Gasteiger partial charge is 0.264 e. The minimum absolute atomic E-state index is 0.159. The lowest BCUT2D eigenvalue weighted by atomic mass is 10.2. The first-order valence-electron chi connectivity index (χ1n) is 7.95. The van der Waals surface area contributed by atoms with Crippen molar-refractivity contribution >= 4 is 57.2 Å². The Labute approximate surface area is 170 Å². The van der Waals surface area contributed by atoms with Crippen LogP contribution in [0.4, 0.5) is 5.69 Å². The van der Waals surface area contributed by atoms with Crippen molar-refractivity contribution in [1.82, 2.24) is 5.32 Å². The van der Waals surface area contributed by atoms with Crippen LogP contribution in [0.2, 0.25) is 0 Å². The molecule has 0 radical (unpaired) electrons. The number of halogens is 1. The molecule has 2 aromatic rings. The molecule has 7 heteroatoms. The van der Waals surface area contributed by atoms with Crippen LogP contribution in [0.5, 0.6) is 11.5 Å². The zero-order chi connectivity index (χ0) is 18.5. The molecule has 0 aliphatic carbocycles. The second-order valence-electron chi connectivity index (χ2n) is 5.30. The molecule has 2 aromatic carbocycles. The number of amidine groups is 1. The summed E-state index contributed by atoms with van der Waals surface area (Å²) in [6.45, 7) is 2.46. The summed E-state index contributed by atoms with van der Waals surface area (Å²) in [5, 5.41) is 3.37. The number of methoxy groups -OCH3 is 1. The van der Waals surface area contributed by atoms with E-state index in [1.165, 1.54) is 11.8 Å². The third kappa shape index (κ3) is 4.59. The average Bonchev–Trinajstić information content (AvgIpc) is 2.94. The third-order valence-corrected chi connectivity index (χ3v) is 5.06. The lowest BCUT2D eigenvalue weighted by molar-refractivity contribution is -0.115. The number of benzene rings is 2. The normalized spacial score (nSPS) is 16.8. The zero-order valence-electron chi connectivity index (χ0n) is 14.3. The molecule has 1 N–H and O–H groups in total. The number of ether oxygens (including phenoxy) is 2. The highest BCUT2D eigenvalue weighted by molar-refractivity contribution is 14.1. The number of amides is 1. The second-order valence-corrected chi connectivity index (χ2v) is 7.58. The summed E-state index contributed by atoms with van der Waals surface area (Å²) in [6, 6.07) is 13.4. The highest BCUT2D eigenvalue weighted by Gasteiger charge is 2.24. The van der Waals surface area contributed by atoms with Crippen LogP contribution in [0.25, 0.3) is 6.08 Å². The number of aliphatic imine (C=N–C) groups is 1. The van der Waals surface area contributed by atoms with Gasteiger partial charge < -0.3 is 14.8 Å². The van der Waals surface area contributed by atoms with Crippen molar-refractivity contribution in [3.05, 3.63) is 56.5 Å². The standard InChI is InChI=1S/C19H17IN2O3S/c1-3-25-16-9-12(7-8-15(16)24-2)10-17-18(23)22-19(26-17)21-14-6-4-5-13(20)11-14/h4-11H,3H2,1-2H3,(H,21,22,23)/b17-10+. The van der Waals surface area contributed by atoms with Crippen molar-refractivity contribution in [2.75, 3.05) is 13.7 Å². The molecule has 1 fully saturated rings. The number of rotatable bonds is 5. The largest absolute Gasteiger partial charge is 0.493 e. The van der Waals surface area contributed by atoms with E-state index >= 15 is 0 Å². The van der Waals surface area contributed by atoms with E-state index in [0.29, 0.717) is 28.2 Å². The van der Waals surface area contributed by atoms with Crippen LogP contribution in [0.3, 0.4) is 0 Å². The highest BCUT2D eigenvalue weighted by Crippen LogP contribution is 2.32. The van der Waals surface area contributed by atoms with Gasteiger partial charge in [-0.15, -0.1) is 0 Å². The molecule has 3 rings (SSSR count). The maximum Gasteiger partial charge on any atom is 0.264 e. The Morgan fingerprint density at radius 2 is 2.08 bits per heavy atom. The van der Waals surface area contributed by atoms with Gasteiger partial charge in [-0.05, 0) is 83.2 Å². The van der Waals surface area contributed by atoms with Gasteiger partial charge in [0, 0.05) is 3.57 Å². The molecule has 1 aliphatic heterocycles. The van der Waals surface area contributed by atoms with Gasteiger partial charge in [0.25, 0.3) is 5.91 Å². The molecule has 0 unspecified atom stereocenters. The van der Waals surface area contributed by atoms with Crippen LogP contribution in [0.1, 0.15) is 12.5 Å². The molecule has 0 aromatic heterocycles. The summed E-state index contributed by atoms with van der Waals surface area (Å²) >= 11 is 3.55. The Hall–Kier alpha value is -2.00. The van der Waals surface area contributed by atoms with Gasteiger partial charge in [0.1, 0.15) is 0 Å². The molecule has 0 spiro atoms. The van der Waals surface area contributed by atoms with E-state index in [1.807, 2.05) is 55.5 Å². The molecule has 0 atom stereocenters. The maximum atomic E-state index is 12.2. The Bertz CT molecular complexity index is 896. The number of thioether (sulfide) groups is 1. The number of carbonyl (C=O) groups excluding carboxylic acids is 1. The zero-order valence-corrected chi connectivity index (χ0v) is 17.3. The van der Waals surface area contributed by atoms with Crippen molar-refractivity contribution in [3.63, 3.8) is 0 Å². The Morgan fingerprint density at radius 3 is 2.81 bits per heavy atom. The van der Waals surface area contributed by atoms with Crippen molar-refractivity contribution < 1.29 is 14.3 Å². The number of carbonyl (C=O) groups is 1. The minimum atomic E-state index is -0.159. The van der Waals surface area contributed by atoms with E-state index < -0.39 is 0 Å². The number of hydrogen-bond donors (Lipinski definition) is 1. The molecule has 1 amide bonds. The van der Waals surface area contributed by atoms with Crippen LogP contribution < -0.4 is 14.8 Å². The summed E-state index contributed by atoms with van der Waals surface area (Å²) in [5.41, 5.74) is 1.67. The number of nitrogens with zero attached hydrogens (tertiary/aromatic N) is 1. The fourth-order valence-corrected chi connectivity index (χ4v) is 3.71. The van der Waals surface area contributed by atoms with Crippen LogP contribution in [-0.2, 0) is 4.79 Å². The molecular weight excluding hydrogens is 463 g/mol. The summed E-state index contributed by atoms with van der Waals surface area (Å²) in [7, 11) is 1.60. The number of nitrogens with one attached hydrogen (secondary N) is 1. The van der Waals surface area contributed by atoms with Crippen molar-refractivity contribution in [1.29, 1.82) is 0 Å². The molecule has 1 saturated heterocycles. The van der Waals surface area contributed by atoms with E-state index in [9.17, 15) is 4.79 Å². The Balaban J connectivity index is 1.83. The third-order valence-electron chi connectivity index (χ3n) is 3.48. The van der Waals surface area contributed by atoms with Crippen LogP contribution >= 0.6 is 34.4 Å². The predicted molar refractivity (Wildman–Crippen MR) is 114 cm³/mol. The first-order valence-corrected chi connectivity index (χ1v) is 9.84. The van der Waals surface area contributed by atoms with Crippen molar-refractivity contribution in [3.8, 4) is 11.5 Å². The Morgan fingerprint density at radius 1 is 1.23 bits per heavy atom. The fraction of sp³-hybridized carbons (Fsp3) is 0.158. The van der Waals surface area contributed by atoms with Gasteiger partial charge >= 0.3 is 0 Å². The van der Waals surface area contributed by atoms with Gasteiger partial charge in [-0.3, -0.25) is 4.79 Å². The van der Waals surface area contributed by atoms with Gasteiger partial charge in [-0.2, -0.15) is 0 Å². The van der Waals surface area contributed by atoms with Crippen molar-refractivity contribution in [2.24, 2.45) is 4.99 Å². The summed E-state index contributed by atoms with van der Waals surface area (Å²) in [5.74, 6) is 1.16. The van der Waals surface area contributed by atoms with E-state index in [0.717, 1.165) is 14.8 Å². The Kier molecular flexibility index (Phi) is 6.20. The first kappa shape index (κ1) is 18.8. The van der Waals surface area contributed by atoms with Crippen molar-refractivity contribution in [2.45, 2.75) is 6.92 Å². The summed E-state index contributed by atoms with van der Waals surface area (Å²) in [6.07, 6.45) is 1.82. The van der Waals surface area contributed by atoms with Gasteiger partial charge in [-0.25, -0.2) is 4.99 Å². The van der Waals surface area contributed by atoms with Crippen LogP contribution in [-0.4, -0.2) is 24.8 Å². The lowest BCUT2D eigenvalue weighted by Crippen LogP contribution is -2.19. The predicted octanol–water partition coefficient (Wildman–Crippen LogP) is 4.59. The topological polar surface area (TPSA) is 59.9 Å². The van der Waals surface area contributed by atoms with Gasteiger partial charge in [0.15, 0.2) is 16.7 Å². The molecule has 26 heavy (non-hydrogen) atoms. The maximum absolute atomic E-state index is 12.2. The SMILES string of the molecule is CCOc1cc(/C=C2/SC(=Nc3cccc(I)c3)NC2=O)ccc1OC. The number of hydrogen-bond acceptors (Lipinski definition) is 5. The molecule has 1 aliphatic rings. The minimum Gasteiger partial charge on any atom is -0.493 e. The van der Waals surface area contributed by atoms with E-state index in [4.69, 9.17) is 9.47 Å². The van der Waals surface area contributed by atoms with E-state index in [1.54, 1.807) is 7.11 Å². The second kappa shape index (κ2) is 8.59. The molecule has 0 bridgehead atoms. The molecule has 5 nitrogen and oxygen atoms in total. The van der Waals surface area contributed by atoms with Gasteiger partial charge in [0.05, 0.1) is 24.3 Å². The first-order chi connectivity index (χ1) is 12.6. The summed E-state index contributed by atoms with van der Waals surface area (Å²) in [4.78, 5) is 17.3. The van der Waals surface area contributed by atoms with Crippen LogP contribution in [0, 0.1) is 3.57 Å². The van der Waals surface area contributed by atoms with Gasteiger partial charge in [-0.1, -0.05) is 12.1 Å². The van der Waals surface area contributed by atoms with Gasteiger partial charge in [0.2, 0.25) is 0 Å².